The summed E-state index contributed by atoms with van der Waals surface area (Å²) in [4.78, 5) is 0. The molecule has 1 aromatic carbocycles. The zero-order valence-electron chi connectivity index (χ0n) is 12.3. The molecule has 0 radical (unpaired) electrons. The van der Waals surface area contributed by atoms with Crippen LogP contribution in [0.1, 0.15) is 38.5 Å². The summed E-state index contributed by atoms with van der Waals surface area (Å²) in [5, 5.41) is 5.06. The van der Waals surface area contributed by atoms with Crippen LogP contribution in [0.25, 0.3) is 11.0 Å². The fourth-order valence-corrected chi connectivity index (χ4v) is 2.72. The molecular formula is C16H22ClNO2. The molecule has 3 nitrogen and oxygen atoms in total. The molecule has 0 saturated heterocycles. The van der Waals surface area contributed by atoms with E-state index in [0.717, 1.165) is 34.6 Å². The van der Waals surface area contributed by atoms with Crippen LogP contribution in [0.5, 0.6) is 0 Å². The van der Waals surface area contributed by atoms with Crippen LogP contribution in [0.4, 0.5) is 0 Å². The summed E-state index contributed by atoms with van der Waals surface area (Å²) in [5.41, 5.74) is 0.858. The van der Waals surface area contributed by atoms with Crippen LogP contribution in [-0.2, 0) is 4.74 Å². The van der Waals surface area contributed by atoms with Gasteiger partial charge in [-0.15, -0.1) is 0 Å². The molecule has 0 amide bonds. The Morgan fingerprint density at radius 1 is 1.30 bits per heavy atom. The molecular weight excluding hydrogens is 274 g/mol. The van der Waals surface area contributed by atoms with Gasteiger partial charge in [-0.05, 0) is 44.7 Å². The summed E-state index contributed by atoms with van der Waals surface area (Å²) in [7, 11) is 1.94. The predicted octanol–water partition coefficient (Wildman–Crippen LogP) is 4.55. The highest BCUT2D eigenvalue weighted by atomic mass is 35.5. The molecule has 0 fully saturated rings. The third kappa shape index (κ3) is 3.35. The van der Waals surface area contributed by atoms with Gasteiger partial charge in [-0.25, -0.2) is 0 Å². The Labute approximate surface area is 125 Å². The Balaban J connectivity index is 2.31. The first-order valence-corrected chi connectivity index (χ1v) is 7.55. The van der Waals surface area contributed by atoms with E-state index in [1.54, 1.807) is 0 Å². The standard InChI is InChI=1S/C16H22ClNO2/c1-4-6-14(19-5-2)16(18-3)15-10-11-9-12(17)7-8-13(11)20-15/h7-10,14,16,18H,4-6H2,1-3H3. The van der Waals surface area contributed by atoms with Crippen molar-refractivity contribution in [2.75, 3.05) is 13.7 Å². The number of fused-ring (bicyclic) bond motifs is 1. The number of rotatable bonds is 7. The van der Waals surface area contributed by atoms with Crippen LogP contribution in [0.2, 0.25) is 5.02 Å². The van der Waals surface area contributed by atoms with Gasteiger partial charge in [0.25, 0.3) is 0 Å². The number of nitrogens with one attached hydrogen (secondary N) is 1. The van der Waals surface area contributed by atoms with Gasteiger partial charge in [-0.3, -0.25) is 0 Å². The third-order valence-corrected chi connectivity index (χ3v) is 3.68. The molecule has 20 heavy (non-hydrogen) atoms. The number of ether oxygens (including phenoxy) is 1. The van der Waals surface area contributed by atoms with Crippen molar-refractivity contribution < 1.29 is 9.15 Å². The maximum atomic E-state index is 6.02. The van der Waals surface area contributed by atoms with Crippen molar-refractivity contribution >= 4 is 22.6 Å². The van der Waals surface area contributed by atoms with Gasteiger partial charge in [0.05, 0.1) is 12.1 Å². The maximum Gasteiger partial charge on any atom is 0.134 e. The lowest BCUT2D eigenvalue weighted by Gasteiger charge is -2.24. The Kier molecular flexibility index (Phi) is 5.46. The minimum atomic E-state index is 0.0566. The molecule has 110 valence electrons. The smallest absolute Gasteiger partial charge is 0.134 e. The molecule has 1 heterocycles. The van der Waals surface area contributed by atoms with Crippen LogP contribution < -0.4 is 5.32 Å². The van der Waals surface area contributed by atoms with E-state index >= 15 is 0 Å². The second kappa shape index (κ2) is 7.11. The van der Waals surface area contributed by atoms with Gasteiger partial charge in [0.15, 0.2) is 0 Å². The quantitative estimate of drug-likeness (QED) is 0.813. The SMILES string of the molecule is CCCC(OCC)C(NC)c1cc2cc(Cl)ccc2o1. The third-order valence-electron chi connectivity index (χ3n) is 3.44. The van der Waals surface area contributed by atoms with E-state index < -0.39 is 0 Å². The van der Waals surface area contributed by atoms with Gasteiger partial charge < -0.3 is 14.5 Å². The summed E-state index contributed by atoms with van der Waals surface area (Å²) in [6.07, 6.45) is 2.19. The normalized spacial score (nSPS) is 14.6. The lowest BCUT2D eigenvalue weighted by Crippen LogP contribution is -2.31. The number of furan rings is 1. The lowest BCUT2D eigenvalue weighted by atomic mass is 10.0. The van der Waals surface area contributed by atoms with Crippen LogP contribution in [0, 0.1) is 0 Å². The zero-order chi connectivity index (χ0) is 14.5. The Bertz CT molecular complexity index is 546. The van der Waals surface area contributed by atoms with Gasteiger partial charge in [0.2, 0.25) is 0 Å². The van der Waals surface area contributed by atoms with Gasteiger partial charge in [-0.1, -0.05) is 24.9 Å². The Hall–Kier alpha value is -1.03. The monoisotopic (exact) mass is 295 g/mol. The molecule has 0 spiro atoms. The van der Waals surface area contributed by atoms with E-state index in [2.05, 4.69) is 12.2 Å². The second-order valence-corrected chi connectivity index (χ2v) is 5.32. The number of hydrogen-bond donors (Lipinski definition) is 1. The van der Waals surface area contributed by atoms with E-state index in [-0.39, 0.29) is 12.1 Å². The van der Waals surface area contributed by atoms with Gasteiger partial charge >= 0.3 is 0 Å². The van der Waals surface area contributed by atoms with Gasteiger partial charge in [0.1, 0.15) is 11.3 Å². The molecule has 2 aromatic rings. The zero-order valence-corrected chi connectivity index (χ0v) is 13.0. The molecule has 2 unspecified atom stereocenters. The summed E-state index contributed by atoms with van der Waals surface area (Å²) in [6, 6.07) is 7.78. The van der Waals surface area contributed by atoms with Crippen LogP contribution in [-0.4, -0.2) is 19.8 Å². The molecule has 0 saturated carbocycles. The Morgan fingerprint density at radius 2 is 2.10 bits per heavy atom. The van der Waals surface area contributed by atoms with E-state index in [1.165, 1.54) is 0 Å². The van der Waals surface area contributed by atoms with Crippen molar-refractivity contribution in [3.05, 3.63) is 35.0 Å². The maximum absolute atomic E-state index is 6.02. The molecule has 0 bridgehead atoms. The molecule has 0 aliphatic carbocycles. The minimum Gasteiger partial charge on any atom is -0.459 e. The molecule has 4 heteroatoms. The highest BCUT2D eigenvalue weighted by Crippen LogP contribution is 2.29. The van der Waals surface area contributed by atoms with Crippen LogP contribution in [0.3, 0.4) is 0 Å². The summed E-state index contributed by atoms with van der Waals surface area (Å²) >= 11 is 6.02. The van der Waals surface area contributed by atoms with E-state index in [9.17, 15) is 0 Å². The van der Waals surface area contributed by atoms with Crippen molar-refractivity contribution in [1.29, 1.82) is 0 Å². The predicted molar refractivity (Wildman–Crippen MR) is 83.3 cm³/mol. The molecule has 1 aromatic heterocycles. The highest BCUT2D eigenvalue weighted by molar-refractivity contribution is 6.31. The largest absolute Gasteiger partial charge is 0.459 e. The summed E-state index contributed by atoms with van der Waals surface area (Å²) < 4.78 is 11.8. The van der Waals surface area contributed by atoms with Crippen molar-refractivity contribution in [2.45, 2.75) is 38.8 Å². The van der Waals surface area contributed by atoms with E-state index in [1.807, 2.05) is 38.2 Å². The highest BCUT2D eigenvalue weighted by Gasteiger charge is 2.24. The summed E-state index contributed by atoms with van der Waals surface area (Å²) in [6.45, 7) is 4.89. The first kappa shape index (κ1) is 15.4. The number of benzene rings is 1. The Morgan fingerprint density at radius 3 is 2.75 bits per heavy atom. The first-order valence-electron chi connectivity index (χ1n) is 7.17. The van der Waals surface area contributed by atoms with Crippen molar-refractivity contribution in [2.24, 2.45) is 0 Å². The fourth-order valence-electron chi connectivity index (χ4n) is 2.54. The van der Waals surface area contributed by atoms with Crippen molar-refractivity contribution in [1.82, 2.24) is 5.32 Å². The number of halogens is 1. The molecule has 0 aliphatic rings. The molecule has 2 atom stereocenters. The van der Waals surface area contributed by atoms with Crippen LogP contribution in [0.15, 0.2) is 28.7 Å². The second-order valence-electron chi connectivity index (χ2n) is 4.88. The lowest BCUT2D eigenvalue weighted by molar-refractivity contribution is 0.0246. The van der Waals surface area contributed by atoms with Crippen molar-refractivity contribution in [3.63, 3.8) is 0 Å². The molecule has 1 N–H and O–H groups in total. The average molecular weight is 296 g/mol. The first-order chi connectivity index (χ1) is 9.69. The molecule has 2 rings (SSSR count). The van der Waals surface area contributed by atoms with E-state index in [0.29, 0.717) is 6.61 Å². The fraction of sp³-hybridized carbons (Fsp3) is 0.500. The summed E-state index contributed by atoms with van der Waals surface area (Å²) in [5.74, 6) is 0.900. The topological polar surface area (TPSA) is 34.4 Å². The number of likely N-dealkylation sites (N-methyl/N-ethyl adjacent to an activating group) is 1. The van der Waals surface area contributed by atoms with Crippen molar-refractivity contribution in [3.8, 4) is 0 Å². The minimum absolute atomic E-state index is 0.0566. The van der Waals surface area contributed by atoms with Gasteiger partial charge in [-0.2, -0.15) is 0 Å². The van der Waals surface area contributed by atoms with E-state index in [4.69, 9.17) is 20.8 Å². The number of hydrogen-bond acceptors (Lipinski definition) is 3. The van der Waals surface area contributed by atoms with Crippen LogP contribution >= 0.6 is 11.6 Å². The average Bonchev–Trinajstić information content (AvgIpc) is 2.82. The molecule has 0 aliphatic heterocycles. The van der Waals surface area contributed by atoms with Gasteiger partial charge in [0, 0.05) is 17.0 Å².